The number of halogens is 1. The van der Waals surface area contributed by atoms with Gasteiger partial charge in [-0.05, 0) is 57.9 Å². The summed E-state index contributed by atoms with van der Waals surface area (Å²) in [6.45, 7) is 0.0856. The van der Waals surface area contributed by atoms with Crippen LogP contribution in [0.1, 0.15) is 42.7 Å². The molecule has 0 atom stereocenters. The number of rotatable bonds is 3. The highest BCUT2D eigenvalue weighted by Crippen LogP contribution is 2.42. The molecule has 1 aliphatic rings. The topological polar surface area (TPSA) is 29.5 Å². The Morgan fingerprint density at radius 3 is 2.62 bits per heavy atom. The highest BCUT2D eigenvalue weighted by Gasteiger charge is 2.22. The monoisotopic (exact) mass is 284 g/mol. The third-order valence-corrected chi connectivity index (χ3v) is 3.90. The Balaban J connectivity index is 2.42. The van der Waals surface area contributed by atoms with E-state index >= 15 is 0 Å². The first-order valence-electron chi connectivity index (χ1n) is 5.73. The van der Waals surface area contributed by atoms with Crippen LogP contribution in [0.2, 0.25) is 0 Å². The van der Waals surface area contributed by atoms with E-state index in [0.717, 1.165) is 15.8 Å². The second-order valence-corrected chi connectivity index (χ2v) is 5.19. The molecule has 1 aromatic carbocycles. The summed E-state index contributed by atoms with van der Waals surface area (Å²) in [5.41, 5.74) is 2.20. The molecule has 1 aromatic rings. The van der Waals surface area contributed by atoms with E-state index in [1.54, 1.807) is 7.11 Å². The van der Waals surface area contributed by atoms with Gasteiger partial charge in [0.1, 0.15) is 5.75 Å². The summed E-state index contributed by atoms with van der Waals surface area (Å²) in [6.07, 6.45) is 5.07. The van der Waals surface area contributed by atoms with E-state index in [1.807, 2.05) is 6.07 Å². The van der Waals surface area contributed by atoms with Crippen LogP contribution in [0.5, 0.6) is 5.75 Å². The summed E-state index contributed by atoms with van der Waals surface area (Å²) in [4.78, 5) is 0. The Kier molecular flexibility index (Phi) is 3.87. The Hall–Kier alpha value is -0.540. The first-order chi connectivity index (χ1) is 7.76. The summed E-state index contributed by atoms with van der Waals surface area (Å²) in [5, 5.41) is 9.23. The number of aliphatic hydroxyl groups excluding tert-OH is 1. The molecule has 0 saturated heterocycles. The molecule has 0 aliphatic heterocycles. The maximum Gasteiger partial charge on any atom is 0.136 e. The van der Waals surface area contributed by atoms with Crippen molar-refractivity contribution in [3.05, 3.63) is 27.7 Å². The zero-order valence-electron chi connectivity index (χ0n) is 9.50. The van der Waals surface area contributed by atoms with Crippen LogP contribution in [0.3, 0.4) is 0 Å². The van der Waals surface area contributed by atoms with Crippen LogP contribution in [0.4, 0.5) is 0 Å². The molecule has 1 aliphatic carbocycles. The van der Waals surface area contributed by atoms with E-state index in [0.29, 0.717) is 5.92 Å². The van der Waals surface area contributed by atoms with E-state index < -0.39 is 0 Å². The summed E-state index contributed by atoms with van der Waals surface area (Å²) >= 11 is 3.51. The van der Waals surface area contributed by atoms with Crippen LogP contribution in [0.25, 0.3) is 0 Å². The lowest BCUT2D eigenvalue weighted by Gasteiger charge is -2.17. The van der Waals surface area contributed by atoms with Crippen molar-refractivity contribution >= 4 is 15.9 Å². The zero-order chi connectivity index (χ0) is 11.5. The van der Waals surface area contributed by atoms with Crippen molar-refractivity contribution in [2.75, 3.05) is 7.11 Å². The first kappa shape index (κ1) is 11.9. The molecule has 2 rings (SSSR count). The Labute approximate surface area is 105 Å². The highest BCUT2D eigenvalue weighted by molar-refractivity contribution is 9.10. The van der Waals surface area contributed by atoms with Gasteiger partial charge in [-0.2, -0.15) is 0 Å². The lowest BCUT2D eigenvalue weighted by molar-refractivity contribution is 0.281. The van der Waals surface area contributed by atoms with Gasteiger partial charge in [0.05, 0.1) is 18.2 Å². The van der Waals surface area contributed by atoms with Crippen LogP contribution in [0, 0.1) is 0 Å². The Morgan fingerprint density at radius 2 is 2.06 bits per heavy atom. The SMILES string of the molecule is COc1c(Br)cc(CO)cc1C1CCCC1. The number of hydrogen-bond acceptors (Lipinski definition) is 2. The molecule has 0 amide bonds. The predicted molar refractivity (Wildman–Crippen MR) is 67.8 cm³/mol. The van der Waals surface area contributed by atoms with Crippen LogP contribution >= 0.6 is 15.9 Å². The molecule has 1 saturated carbocycles. The second-order valence-electron chi connectivity index (χ2n) is 4.34. The molecular weight excluding hydrogens is 268 g/mol. The minimum absolute atomic E-state index is 0.0856. The normalized spacial score (nSPS) is 16.7. The van der Waals surface area contributed by atoms with Gasteiger partial charge in [0, 0.05) is 0 Å². The number of methoxy groups -OCH3 is 1. The van der Waals surface area contributed by atoms with E-state index in [2.05, 4.69) is 22.0 Å². The van der Waals surface area contributed by atoms with Crippen LogP contribution in [-0.2, 0) is 6.61 Å². The van der Waals surface area contributed by atoms with Crippen molar-refractivity contribution in [2.45, 2.75) is 38.2 Å². The molecule has 1 fully saturated rings. The fraction of sp³-hybridized carbons (Fsp3) is 0.538. The fourth-order valence-corrected chi connectivity index (χ4v) is 3.20. The maximum absolute atomic E-state index is 9.23. The van der Waals surface area contributed by atoms with Gasteiger partial charge < -0.3 is 9.84 Å². The minimum Gasteiger partial charge on any atom is -0.495 e. The lowest BCUT2D eigenvalue weighted by atomic mass is 9.95. The van der Waals surface area contributed by atoms with Crippen molar-refractivity contribution in [1.82, 2.24) is 0 Å². The number of hydrogen-bond donors (Lipinski definition) is 1. The predicted octanol–water partition coefficient (Wildman–Crippen LogP) is 3.61. The maximum atomic E-state index is 9.23. The van der Waals surface area contributed by atoms with Crippen molar-refractivity contribution in [3.8, 4) is 5.75 Å². The van der Waals surface area contributed by atoms with Gasteiger partial charge in [-0.25, -0.2) is 0 Å². The summed E-state index contributed by atoms with van der Waals surface area (Å²) in [5.74, 6) is 1.53. The van der Waals surface area contributed by atoms with Gasteiger partial charge in [-0.3, -0.25) is 0 Å². The van der Waals surface area contributed by atoms with Gasteiger partial charge in [0.2, 0.25) is 0 Å². The number of ether oxygens (including phenoxy) is 1. The molecule has 88 valence electrons. The zero-order valence-corrected chi connectivity index (χ0v) is 11.1. The molecule has 0 spiro atoms. The van der Waals surface area contributed by atoms with E-state index in [9.17, 15) is 5.11 Å². The first-order valence-corrected chi connectivity index (χ1v) is 6.52. The molecule has 0 heterocycles. The average molecular weight is 285 g/mol. The molecule has 0 unspecified atom stereocenters. The van der Waals surface area contributed by atoms with Crippen molar-refractivity contribution in [1.29, 1.82) is 0 Å². The van der Waals surface area contributed by atoms with Gasteiger partial charge >= 0.3 is 0 Å². The third kappa shape index (κ3) is 2.25. The van der Waals surface area contributed by atoms with Crippen LogP contribution in [-0.4, -0.2) is 12.2 Å². The minimum atomic E-state index is 0.0856. The van der Waals surface area contributed by atoms with Gasteiger partial charge in [-0.1, -0.05) is 12.8 Å². The molecule has 3 heteroatoms. The van der Waals surface area contributed by atoms with E-state index in [-0.39, 0.29) is 6.61 Å². The number of benzene rings is 1. The molecule has 2 nitrogen and oxygen atoms in total. The quantitative estimate of drug-likeness (QED) is 0.919. The van der Waals surface area contributed by atoms with Gasteiger partial charge in [0.25, 0.3) is 0 Å². The van der Waals surface area contributed by atoms with E-state index in [1.165, 1.54) is 31.2 Å². The molecular formula is C13H17BrO2. The highest BCUT2D eigenvalue weighted by atomic mass is 79.9. The smallest absolute Gasteiger partial charge is 0.136 e. The molecule has 16 heavy (non-hydrogen) atoms. The summed E-state index contributed by atoms with van der Waals surface area (Å²) in [6, 6.07) is 4.01. The largest absolute Gasteiger partial charge is 0.495 e. The summed E-state index contributed by atoms with van der Waals surface area (Å²) in [7, 11) is 1.71. The van der Waals surface area contributed by atoms with Crippen molar-refractivity contribution < 1.29 is 9.84 Å². The number of aliphatic hydroxyl groups is 1. The Bertz CT molecular complexity index is 370. The van der Waals surface area contributed by atoms with Gasteiger partial charge in [0.15, 0.2) is 0 Å². The van der Waals surface area contributed by atoms with Crippen LogP contribution < -0.4 is 4.74 Å². The molecule has 0 aromatic heterocycles. The molecule has 0 bridgehead atoms. The van der Waals surface area contributed by atoms with E-state index in [4.69, 9.17) is 4.74 Å². The Morgan fingerprint density at radius 1 is 1.38 bits per heavy atom. The molecule has 1 N–H and O–H groups in total. The third-order valence-electron chi connectivity index (χ3n) is 3.31. The van der Waals surface area contributed by atoms with Gasteiger partial charge in [-0.15, -0.1) is 0 Å². The van der Waals surface area contributed by atoms with Crippen LogP contribution in [0.15, 0.2) is 16.6 Å². The fourth-order valence-electron chi connectivity index (χ4n) is 2.52. The summed E-state index contributed by atoms with van der Waals surface area (Å²) < 4.78 is 6.41. The average Bonchev–Trinajstić information content (AvgIpc) is 2.81. The molecule has 0 radical (unpaired) electrons. The lowest BCUT2D eigenvalue weighted by Crippen LogP contribution is -2.00. The standard InChI is InChI=1S/C13H17BrO2/c1-16-13-11(10-4-2-3-5-10)6-9(8-15)7-12(13)14/h6-7,10,15H,2-5,8H2,1H3. The van der Waals surface area contributed by atoms with Crippen molar-refractivity contribution in [3.63, 3.8) is 0 Å². The second kappa shape index (κ2) is 5.19. The van der Waals surface area contributed by atoms with Crippen molar-refractivity contribution in [2.24, 2.45) is 0 Å².